The molecule has 0 aromatic heterocycles. The smallest absolute Gasteiger partial charge is 0.251 e. The first kappa shape index (κ1) is 18.2. The maximum atomic E-state index is 12.5. The minimum atomic E-state index is -3.37. The minimum Gasteiger partial charge on any atom is -0.346 e. The van der Waals surface area contributed by atoms with Crippen molar-refractivity contribution in [3.05, 3.63) is 29.3 Å². The zero-order valence-corrected chi connectivity index (χ0v) is 16.1. The van der Waals surface area contributed by atoms with Gasteiger partial charge in [-0.05, 0) is 50.5 Å². The lowest BCUT2D eigenvalue weighted by molar-refractivity contribution is 0.0915. The Morgan fingerprint density at radius 2 is 2.04 bits per heavy atom. The number of benzene rings is 1. The van der Waals surface area contributed by atoms with Gasteiger partial charge < -0.3 is 5.32 Å². The Morgan fingerprint density at radius 3 is 2.60 bits per heavy atom. The van der Waals surface area contributed by atoms with Crippen LogP contribution in [0.4, 0.5) is 5.69 Å². The highest BCUT2D eigenvalue weighted by Gasteiger charge is 2.40. The van der Waals surface area contributed by atoms with Gasteiger partial charge in [0.25, 0.3) is 5.91 Å². The lowest BCUT2D eigenvalue weighted by atomic mass is 10.0. The molecule has 1 N–H and O–H groups in total. The Labute approximate surface area is 148 Å². The van der Waals surface area contributed by atoms with Crippen LogP contribution in [-0.4, -0.2) is 52.1 Å². The summed E-state index contributed by atoms with van der Waals surface area (Å²) in [6.45, 7) is 3.56. The first-order chi connectivity index (χ1) is 11.4. The van der Waals surface area contributed by atoms with E-state index in [0.717, 1.165) is 5.56 Å². The van der Waals surface area contributed by atoms with Gasteiger partial charge in [-0.1, -0.05) is 0 Å². The molecule has 1 aromatic rings. The Balaban J connectivity index is 1.84. The molecule has 9 heteroatoms. The van der Waals surface area contributed by atoms with E-state index in [-0.39, 0.29) is 23.5 Å². The molecule has 0 radical (unpaired) electrons. The number of sulfone groups is 1. The molecule has 2 aliphatic rings. The zero-order valence-electron chi connectivity index (χ0n) is 14.4. The standard InChI is InChI=1S/C16H22N2O5S2/c1-11-8-13-9-12(4-5-14(13)18(11)24(3,20)21)15(19)17-16(2)6-7-25(22,23)10-16/h4-5,9,11H,6-8,10H2,1-3H3,(H,17,19)/t11-,16+/m1/s1. The second-order valence-electron chi connectivity index (χ2n) is 7.31. The number of amides is 1. The van der Waals surface area contributed by atoms with Crippen molar-refractivity contribution in [2.24, 2.45) is 0 Å². The number of sulfonamides is 1. The number of rotatable bonds is 3. The molecule has 1 amide bonds. The number of fused-ring (bicyclic) bond motifs is 1. The van der Waals surface area contributed by atoms with Crippen LogP contribution >= 0.6 is 0 Å². The SMILES string of the molecule is C[C@@H]1Cc2cc(C(=O)N[C@@]3(C)CCS(=O)(=O)C3)ccc2N1S(C)(=O)=O. The Hall–Kier alpha value is -1.61. The van der Waals surface area contributed by atoms with E-state index in [1.807, 2.05) is 6.92 Å². The van der Waals surface area contributed by atoms with Gasteiger partial charge in [-0.15, -0.1) is 0 Å². The molecular formula is C16H22N2O5S2. The summed E-state index contributed by atoms with van der Waals surface area (Å²) >= 11 is 0. The van der Waals surface area contributed by atoms with Crippen molar-refractivity contribution in [3.63, 3.8) is 0 Å². The minimum absolute atomic E-state index is 0.0599. The highest BCUT2D eigenvalue weighted by atomic mass is 32.2. The van der Waals surface area contributed by atoms with Crippen LogP contribution < -0.4 is 9.62 Å². The highest BCUT2D eigenvalue weighted by Crippen LogP contribution is 2.35. The molecule has 138 valence electrons. The molecule has 2 aliphatic heterocycles. The fourth-order valence-corrected chi connectivity index (χ4v) is 7.06. The predicted molar refractivity (Wildman–Crippen MR) is 96.1 cm³/mol. The van der Waals surface area contributed by atoms with Crippen molar-refractivity contribution < 1.29 is 21.6 Å². The number of hydrogen-bond acceptors (Lipinski definition) is 5. The average Bonchev–Trinajstić information content (AvgIpc) is 2.92. The predicted octanol–water partition coefficient (Wildman–Crippen LogP) is 0.704. The summed E-state index contributed by atoms with van der Waals surface area (Å²) in [4.78, 5) is 12.5. The van der Waals surface area contributed by atoms with E-state index in [9.17, 15) is 21.6 Å². The molecular weight excluding hydrogens is 364 g/mol. The highest BCUT2D eigenvalue weighted by molar-refractivity contribution is 7.92. The first-order valence-corrected chi connectivity index (χ1v) is 11.7. The van der Waals surface area contributed by atoms with Gasteiger partial charge in [0.05, 0.1) is 29.0 Å². The molecule has 2 heterocycles. The van der Waals surface area contributed by atoms with Crippen molar-refractivity contribution in [2.75, 3.05) is 22.1 Å². The lowest BCUT2D eigenvalue weighted by Gasteiger charge is -2.24. The topological polar surface area (TPSA) is 101 Å². The third-order valence-corrected chi connectivity index (χ3v) is 7.94. The maximum absolute atomic E-state index is 12.5. The lowest BCUT2D eigenvalue weighted by Crippen LogP contribution is -2.46. The molecule has 0 spiro atoms. The largest absolute Gasteiger partial charge is 0.346 e. The van der Waals surface area contributed by atoms with Crippen molar-refractivity contribution >= 4 is 31.5 Å². The molecule has 0 aliphatic carbocycles. The molecule has 0 saturated carbocycles. The summed E-state index contributed by atoms with van der Waals surface area (Å²) in [5.74, 6) is -0.322. The fourth-order valence-electron chi connectivity index (χ4n) is 3.70. The summed E-state index contributed by atoms with van der Waals surface area (Å²) in [5, 5.41) is 2.82. The summed E-state index contributed by atoms with van der Waals surface area (Å²) < 4.78 is 48.6. The van der Waals surface area contributed by atoms with Crippen LogP contribution in [0.1, 0.15) is 36.2 Å². The van der Waals surface area contributed by atoms with Crippen LogP contribution in [0, 0.1) is 0 Å². The number of nitrogens with zero attached hydrogens (tertiary/aromatic N) is 1. The van der Waals surface area contributed by atoms with Crippen molar-refractivity contribution in [1.82, 2.24) is 5.32 Å². The van der Waals surface area contributed by atoms with Crippen LogP contribution in [0.2, 0.25) is 0 Å². The third-order valence-electron chi connectivity index (χ3n) is 4.77. The van der Waals surface area contributed by atoms with Crippen LogP contribution in [0.5, 0.6) is 0 Å². The van der Waals surface area contributed by atoms with Gasteiger partial charge in [-0.3, -0.25) is 9.10 Å². The van der Waals surface area contributed by atoms with Crippen LogP contribution in [0.15, 0.2) is 18.2 Å². The van der Waals surface area contributed by atoms with Gasteiger partial charge in [0, 0.05) is 11.6 Å². The number of hydrogen-bond donors (Lipinski definition) is 1. The molecule has 1 aromatic carbocycles. The van der Waals surface area contributed by atoms with E-state index in [1.54, 1.807) is 25.1 Å². The van der Waals surface area contributed by atoms with Crippen LogP contribution in [0.25, 0.3) is 0 Å². The monoisotopic (exact) mass is 386 g/mol. The quantitative estimate of drug-likeness (QED) is 0.824. The van der Waals surface area contributed by atoms with Crippen molar-refractivity contribution in [2.45, 2.75) is 38.3 Å². The van der Waals surface area contributed by atoms with E-state index in [2.05, 4.69) is 5.32 Å². The van der Waals surface area contributed by atoms with Crippen molar-refractivity contribution in [1.29, 1.82) is 0 Å². The second kappa shape index (κ2) is 5.70. The Bertz CT molecular complexity index is 939. The van der Waals surface area contributed by atoms with Gasteiger partial charge in [-0.25, -0.2) is 16.8 Å². The van der Waals surface area contributed by atoms with Crippen LogP contribution in [-0.2, 0) is 26.3 Å². The van der Waals surface area contributed by atoms with Gasteiger partial charge in [-0.2, -0.15) is 0 Å². The van der Waals surface area contributed by atoms with E-state index < -0.39 is 25.4 Å². The van der Waals surface area contributed by atoms with E-state index in [1.165, 1.54) is 10.6 Å². The van der Waals surface area contributed by atoms with E-state index >= 15 is 0 Å². The molecule has 0 unspecified atom stereocenters. The normalized spacial score (nSPS) is 28.0. The zero-order chi connectivity index (χ0) is 18.6. The number of nitrogens with one attached hydrogen (secondary N) is 1. The Morgan fingerprint density at radius 1 is 1.36 bits per heavy atom. The second-order valence-corrected chi connectivity index (χ2v) is 11.4. The molecule has 7 nitrogen and oxygen atoms in total. The van der Waals surface area contributed by atoms with Gasteiger partial charge in [0.1, 0.15) is 0 Å². The Kier molecular flexibility index (Phi) is 4.15. The summed E-state index contributed by atoms with van der Waals surface area (Å²) in [6, 6.07) is 4.72. The van der Waals surface area contributed by atoms with E-state index in [0.29, 0.717) is 24.1 Å². The summed E-state index contributed by atoms with van der Waals surface area (Å²) in [6.07, 6.45) is 2.10. The molecule has 1 fully saturated rings. The molecule has 1 saturated heterocycles. The van der Waals surface area contributed by atoms with Gasteiger partial charge in [0.15, 0.2) is 9.84 Å². The average molecular weight is 386 g/mol. The number of carbonyl (C=O) groups is 1. The first-order valence-electron chi connectivity index (χ1n) is 8.06. The summed E-state index contributed by atoms with van der Waals surface area (Å²) in [5.41, 5.74) is 1.05. The van der Waals surface area contributed by atoms with Gasteiger partial charge in [0.2, 0.25) is 10.0 Å². The fraction of sp³-hybridized carbons (Fsp3) is 0.562. The molecule has 0 bridgehead atoms. The number of carbonyl (C=O) groups excluding carboxylic acids is 1. The van der Waals surface area contributed by atoms with Gasteiger partial charge >= 0.3 is 0 Å². The summed E-state index contributed by atoms with van der Waals surface area (Å²) in [7, 11) is -6.48. The van der Waals surface area contributed by atoms with Crippen LogP contribution in [0.3, 0.4) is 0 Å². The third kappa shape index (κ3) is 3.52. The maximum Gasteiger partial charge on any atom is 0.251 e. The van der Waals surface area contributed by atoms with E-state index in [4.69, 9.17) is 0 Å². The molecule has 3 rings (SSSR count). The molecule has 25 heavy (non-hydrogen) atoms. The van der Waals surface area contributed by atoms with Crippen molar-refractivity contribution in [3.8, 4) is 0 Å². The molecule has 2 atom stereocenters. The number of anilines is 1.